The van der Waals surface area contributed by atoms with Gasteiger partial charge in [-0.05, 0) is 50.9 Å². The van der Waals surface area contributed by atoms with E-state index in [1.807, 2.05) is 31.2 Å². The highest BCUT2D eigenvalue weighted by molar-refractivity contribution is 5.85. The molecule has 0 bridgehead atoms. The second-order valence-corrected chi connectivity index (χ2v) is 5.50. The summed E-state index contributed by atoms with van der Waals surface area (Å²) in [7, 11) is 1.62. The number of carbonyl (C=O) groups is 1. The standard InChI is InChI=1S/C17H26N2O3.ClH/c1-3-22-15-7-5-4-6-14(15)8-11-19-16(20)17(21-2)9-12-18-13-10-17;/h4-7,18H,3,8-13H2,1-2H3,(H,19,20);1H. The zero-order chi connectivity index (χ0) is 15.8. The summed E-state index contributed by atoms with van der Waals surface area (Å²) in [5.74, 6) is 0.882. The van der Waals surface area contributed by atoms with Gasteiger partial charge in [-0.15, -0.1) is 12.4 Å². The molecule has 0 aromatic heterocycles. The Balaban J connectivity index is 0.00000264. The minimum absolute atomic E-state index is 0. The van der Waals surface area contributed by atoms with Crippen LogP contribution in [0.3, 0.4) is 0 Å². The molecule has 1 heterocycles. The predicted octanol–water partition coefficient (Wildman–Crippen LogP) is 1.93. The summed E-state index contributed by atoms with van der Waals surface area (Å²) in [6.07, 6.45) is 2.18. The molecular weight excluding hydrogens is 316 g/mol. The quantitative estimate of drug-likeness (QED) is 0.795. The summed E-state index contributed by atoms with van der Waals surface area (Å²) in [4.78, 5) is 12.5. The molecule has 1 fully saturated rings. The number of hydrogen-bond donors (Lipinski definition) is 2. The van der Waals surface area contributed by atoms with E-state index in [-0.39, 0.29) is 18.3 Å². The minimum Gasteiger partial charge on any atom is -0.494 e. The monoisotopic (exact) mass is 342 g/mol. The second-order valence-electron chi connectivity index (χ2n) is 5.50. The maximum absolute atomic E-state index is 12.5. The van der Waals surface area contributed by atoms with Crippen molar-refractivity contribution in [2.45, 2.75) is 31.8 Å². The maximum Gasteiger partial charge on any atom is 0.252 e. The Bertz CT molecular complexity index is 490. The van der Waals surface area contributed by atoms with E-state index >= 15 is 0 Å². The fourth-order valence-electron chi connectivity index (χ4n) is 2.83. The van der Waals surface area contributed by atoms with Gasteiger partial charge in [0, 0.05) is 13.7 Å². The van der Waals surface area contributed by atoms with Crippen LogP contribution in [0.4, 0.5) is 0 Å². The molecule has 1 aromatic rings. The van der Waals surface area contributed by atoms with Crippen LogP contribution >= 0.6 is 12.4 Å². The van der Waals surface area contributed by atoms with E-state index in [9.17, 15) is 4.79 Å². The van der Waals surface area contributed by atoms with Crippen molar-refractivity contribution in [2.75, 3.05) is 33.4 Å². The summed E-state index contributed by atoms with van der Waals surface area (Å²) in [5.41, 5.74) is 0.437. The van der Waals surface area contributed by atoms with Crippen LogP contribution < -0.4 is 15.4 Å². The fourth-order valence-corrected chi connectivity index (χ4v) is 2.83. The Morgan fingerprint density at radius 1 is 1.30 bits per heavy atom. The Hall–Kier alpha value is -1.30. The first kappa shape index (κ1) is 19.7. The number of halogens is 1. The lowest BCUT2D eigenvalue weighted by molar-refractivity contribution is -0.146. The molecule has 2 N–H and O–H groups in total. The Morgan fingerprint density at radius 3 is 2.65 bits per heavy atom. The maximum atomic E-state index is 12.5. The van der Waals surface area contributed by atoms with Gasteiger partial charge < -0.3 is 20.1 Å². The van der Waals surface area contributed by atoms with Gasteiger partial charge in [-0.3, -0.25) is 4.79 Å². The van der Waals surface area contributed by atoms with E-state index in [0.29, 0.717) is 26.0 Å². The van der Waals surface area contributed by atoms with E-state index in [2.05, 4.69) is 10.6 Å². The van der Waals surface area contributed by atoms with Gasteiger partial charge in [0.25, 0.3) is 5.91 Å². The van der Waals surface area contributed by atoms with E-state index in [4.69, 9.17) is 9.47 Å². The molecule has 1 aromatic carbocycles. The van der Waals surface area contributed by atoms with Crippen molar-refractivity contribution in [1.29, 1.82) is 0 Å². The van der Waals surface area contributed by atoms with E-state index in [1.165, 1.54) is 0 Å². The van der Waals surface area contributed by atoms with E-state index in [0.717, 1.165) is 30.8 Å². The SMILES string of the molecule is CCOc1ccccc1CCNC(=O)C1(OC)CCNCC1.Cl. The third kappa shape index (κ3) is 5.09. The average molecular weight is 343 g/mol. The molecular formula is C17H27ClN2O3. The van der Waals surface area contributed by atoms with Gasteiger partial charge in [-0.25, -0.2) is 0 Å². The molecule has 1 aliphatic rings. The number of amides is 1. The van der Waals surface area contributed by atoms with Gasteiger partial charge in [-0.1, -0.05) is 18.2 Å². The lowest BCUT2D eigenvalue weighted by Gasteiger charge is -2.34. The molecule has 130 valence electrons. The van der Waals surface area contributed by atoms with E-state index < -0.39 is 5.60 Å². The highest BCUT2D eigenvalue weighted by atomic mass is 35.5. The molecule has 5 nitrogen and oxygen atoms in total. The van der Waals surface area contributed by atoms with Crippen LogP contribution in [0.25, 0.3) is 0 Å². The number of methoxy groups -OCH3 is 1. The first-order valence-electron chi connectivity index (χ1n) is 7.97. The van der Waals surface area contributed by atoms with Crippen LogP contribution in [0.2, 0.25) is 0 Å². The Morgan fingerprint density at radius 2 is 2.00 bits per heavy atom. The van der Waals surface area contributed by atoms with Crippen molar-refractivity contribution in [3.05, 3.63) is 29.8 Å². The third-order valence-corrected chi connectivity index (χ3v) is 4.17. The normalized spacial score (nSPS) is 16.3. The lowest BCUT2D eigenvalue weighted by Crippen LogP contribution is -2.54. The average Bonchev–Trinajstić information content (AvgIpc) is 2.57. The molecule has 0 unspecified atom stereocenters. The van der Waals surface area contributed by atoms with Crippen molar-refractivity contribution in [3.63, 3.8) is 0 Å². The van der Waals surface area contributed by atoms with Crippen molar-refractivity contribution < 1.29 is 14.3 Å². The predicted molar refractivity (Wildman–Crippen MR) is 93.4 cm³/mol. The molecule has 6 heteroatoms. The van der Waals surface area contributed by atoms with Crippen LogP contribution in [0, 0.1) is 0 Å². The fraction of sp³-hybridized carbons (Fsp3) is 0.588. The van der Waals surface area contributed by atoms with Gasteiger partial charge in [0.15, 0.2) is 0 Å². The zero-order valence-corrected chi connectivity index (χ0v) is 14.7. The molecule has 23 heavy (non-hydrogen) atoms. The van der Waals surface area contributed by atoms with Crippen molar-refractivity contribution in [1.82, 2.24) is 10.6 Å². The number of rotatable bonds is 7. The first-order chi connectivity index (χ1) is 10.7. The van der Waals surface area contributed by atoms with Gasteiger partial charge in [0.2, 0.25) is 0 Å². The van der Waals surface area contributed by atoms with Gasteiger partial charge >= 0.3 is 0 Å². The van der Waals surface area contributed by atoms with Gasteiger partial charge in [0.05, 0.1) is 6.61 Å². The topological polar surface area (TPSA) is 59.6 Å². The Kier molecular flexibility index (Phi) is 8.37. The molecule has 0 saturated carbocycles. The molecule has 0 radical (unpaired) electrons. The number of piperidine rings is 1. The van der Waals surface area contributed by atoms with Gasteiger partial charge in [-0.2, -0.15) is 0 Å². The van der Waals surface area contributed by atoms with Crippen molar-refractivity contribution >= 4 is 18.3 Å². The summed E-state index contributed by atoms with van der Waals surface area (Å²) in [5, 5.41) is 6.27. The van der Waals surface area contributed by atoms with Crippen LogP contribution in [0.5, 0.6) is 5.75 Å². The molecule has 0 atom stereocenters. The molecule has 1 saturated heterocycles. The molecule has 0 spiro atoms. The van der Waals surface area contributed by atoms with Gasteiger partial charge in [0.1, 0.15) is 11.4 Å². The number of para-hydroxylation sites is 1. The molecule has 0 aliphatic carbocycles. The van der Waals surface area contributed by atoms with Crippen LogP contribution in [-0.2, 0) is 16.0 Å². The smallest absolute Gasteiger partial charge is 0.252 e. The summed E-state index contributed by atoms with van der Waals surface area (Å²) >= 11 is 0. The zero-order valence-electron chi connectivity index (χ0n) is 13.9. The van der Waals surface area contributed by atoms with Crippen LogP contribution in [0.15, 0.2) is 24.3 Å². The number of nitrogens with one attached hydrogen (secondary N) is 2. The summed E-state index contributed by atoms with van der Waals surface area (Å²) < 4.78 is 11.1. The third-order valence-electron chi connectivity index (χ3n) is 4.17. The van der Waals surface area contributed by atoms with Crippen LogP contribution in [0.1, 0.15) is 25.3 Å². The molecule has 1 amide bonds. The number of benzene rings is 1. The minimum atomic E-state index is -0.676. The number of ether oxygens (including phenoxy) is 2. The summed E-state index contributed by atoms with van der Waals surface area (Å²) in [6.45, 7) is 4.82. The highest BCUT2D eigenvalue weighted by Gasteiger charge is 2.39. The molecule has 2 rings (SSSR count). The highest BCUT2D eigenvalue weighted by Crippen LogP contribution is 2.23. The second kappa shape index (κ2) is 9.75. The first-order valence-corrected chi connectivity index (χ1v) is 7.97. The van der Waals surface area contributed by atoms with Crippen molar-refractivity contribution in [2.24, 2.45) is 0 Å². The number of carbonyl (C=O) groups excluding carboxylic acids is 1. The van der Waals surface area contributed by atoms with Crippen LogP contribution in [-0.4, -0.2) is 44.9 Å². The van der Waals surface area contributed by atoms with Crippen molar-refractivity contribution in [3.8, 4) is 5.75 Å². The largest absolute Gasteiger partial charge is 0.494 e. The number of hydrogen-bond acceptors (Lipinski definition) is 4. The van der Waals surface area contributed by atoms with E-state index in [1.54, 1.807) is 7.11 Å². The molecule has 1 aliphatic heterocycles. The lowest BCUT2D eigenvalue weighted by atomic mass is 9.91. The summed E-state index contributed by atoms with van der Waals surface area (Å²) in [6, 6.07) is 7.95. The Labute approximate surface area is 144 Å².